The Kier molecular flexibility index (Phi) is 4.37. The summed E-state index contributed by atoms with van der Waals surface area (Å²) in [6.07, 6.45) is 1.37. The number of aryl methyl sites for hydroxylation is 1. The summed E-state index contributed by atoms with van der Waals surface area (Å²) in [6.45, 7) is 5.89. The lowest BCUT2D eigenvalue weighted by molar-refractivity contribution is -0.142. The van der Waals surface area contributed by atoms with Gasteiger partial charge in [-0.1, -0.05) is 0 Å². The highest BCUT2D eigenvalue weighted by Gasteiger charge is 2.25. The molecule has 3 rings (SSSR count). The van der Waals surface area contributed by atoms with Crippen LogP contribution < -0.4 is 9.64 Å². The van der Waals surface area contributed by atoms with Crippen LogP contribution >= 0.6 is 0 Å². The number of esters is 1. The average Bonchev–Trinajstić information content (AvgIpc) is 2.98. The Morgan fingerprint density at radius 2 is 2.22 bits per heavy atom. The second kappa shape index (κ2) is 6.44. The van der Waals surface area contributed by atoms with Crippen molar-refractivity contribution < 1.29 is 14.3 Å². The first-order valence-electron chi connectivity index (χ1n) is 8.01. The van der Waals surface area contributed by atoms with Gasteiger partial charge in [0.05, 0.1) is 31.3 Å². The van der Waals surface area contributed by atoms with Crippen molar-refractivity contribution in [2.45, 2.75) is 26.7 Å². The highest BCUT2D eigenvalue weighted by molar-refractivity contribution is 5.96. The van der Waals surface area contributed by atoms with Gasteiger partial charge in [0.1, 0.15) is 5.75 Å². The Morgan fingerprint density at radius 1 is 1.39 bits per heavy atom. The van der Waals surface area contributed by atoms with Gasteiger partial charge in [0.25, 0.3) is 0 Å². The first-order chi connectivity index (χ1) is 11.1. The Morgan fingerprint density at radius 3 is 2.96 bits per heavy atom. The molecular formula is C18H22N2O3. The number of pyridine rings is 1. The van der Waals surface area contributed by atoms with E-state index in [-0.39, 0.29) is 5.97 Å². The van der Waals surface area contributed by atoms with E-state index in [0.29, 0.717) is 19.6 Å². The van der Waals surface area contributed by atoms with Crippen LogP contribution in [-0.4, -0.2) is 37.8 Å². The molecule has 0 saturated carbocycles. The molecule has 0 unspecified atom stereocenters. The zero-order valence-electron chi connectivity index (χ0n) is 13.9. The normalized spacial score (nSPS) is 13.3. The molecular weight excluding hydrogens is 292 g/mol. The maximum Gasteiger partial charge on any atom is 0.307 e. The predicted molar refractivity (Wildman–Crippen MR) is 90.2 cm³/mol. The van der Waals surface area contributed by atoms with E-state index in [4.69, 9.17) is 14.5 Å². The van der Waals surface area contributed by atoms with Gasteiger partial charge in [0.15, 0.2) is 0 Å². The molecule has 0 spiro atoms. The number of hydrogen-bond donors (Lipinski definition) is 0. The first kappa shape index (κ1) is 15.6. The van der Waals surface area contributed by atoms with E-state index in [2.05, 4.69) is 11.8 Å². The van der Waals surface area contributed by atoms with Crippen LogP contribution in [0.15, 0.2) is 18.2 Å². The molecule has 0 N–H and O–H groups in total. The highest BCUT2D eigenvalue weighted by atomic mass is 16.5. The number of carbonyl (C=O) groups excluding carboxylic acids is 1. The topological polar surface area (TPSA) is 51.7 Å². The molecule has 1 aliphatic heterocycles. The molecule has 0 saturated heterocycles. The fourth-order valence-corrected chi connectivity index (χ4v) is 3.21. The van der Waals surface area contributed by atoms with Gasteiger partial charge < -0.3 is 14.4 Å². The van der Waals surface area contributed by atoms with Gasteiger partial charge in [-0.3, -0.25) is 9.78 Å². The first-order valence-corrected chi connectivity index (χ1v) is 8.01. The quantitative estimate of drug-likeness (QED) is 0.794. The van der Waals surface area contributed by atoms with E-state index >= 15 is 0 Å². The molecule has 0 radical (unpaired) electrons. The van der Waals surface area contributed by atoms with Crippen LogP contribution in [0.3, 0.4) is 0 Å². The van der Waals surface area contributed by atoms with Gasteiger partial charge in [0.2, 0.25) is 0 Å². The molecule has 0 aliphatic carbocycles. The SMILES string of the molecule is CCOC(=O)CCN1CCc2c(C)nc3ccc(OC)cc3c21. The molecule has 5 heteroatoms. The number of benzene rings is 1. The second-order valence-corrected chi connectivity index (χ2v) is 5.70. The Labute approximate surface area is 136 Å². The highest BCUT2D eigenvalue weighted by Crippen LogP contribution is 2.38. The third kappa shape index (κ3) is 2.96. The largest absolute Gasteiger partial charge is 0.497 e. The maximum absolute atomic E-state index is 11.7. The van der Waals surface area contributed by atoms with E-state index in [1.807, 2.05) is 25.1 Å². The Bertz CT molecular complexity index is 743. The number of carbonyl (C=O) groups is 1. The summed E-state index contributed by atoms with van der Waals surface area (Å²) in [7, 11) is 1.67. The maximum atomic E-state index is 11.7. The minimum atomic E-state index is -0.145. The molecule has 0 amide bonds. The predicted octanol–water partition coefficient (Wildman–Crippen LogP) is 2.87. The molecule has 0 atom stereocenters. The van der Waals surface area contributed by atoms with Gasteiger partial charge in [-0.15, -0.1) is 0 Å². The van der Waals surface area contributed by atoms with Gasteiger partial charge in [-0.05, 0) is 44.0 Å². The molecule has 5 nitrogen and oxygen atoms in total. The number of methoxy groups -OCH3 is 1. The zero-order valence-corrected chi connectivity index (χ0v) is 13.9. The Hall–Kier alpha value is -2.30. The van der Waals surface area contributed by atoms with Crippen LogP contribution in [-0.2, 0) is 16.0 Å². The van der Waals surface area contributed by atoms with Crippen LogP contribution in [0.5, 0.6) is 5.75 Å². The molecule has 1 aromatic heterocycles. The van der Waals surface area contributed by atoms with Crippen molar-refractivity contribution in [1.29, 1.82) is 0 Å². The van der Waals surface area contributed by atoms with Crippen molar-refractivity contribution >= 4 is 22.6 Å². The lowest BCUT2D eigenvalue weighted by atomic mass is 10.1. The number of fused-ring (bicyclic) bond motifs is 3. The minimum Gasteiger partial charge on any atom is -0.497 e. The standard InChI is InChI=1S/C18H22N2O3/c1-4-23-17(21)8-10-20-9-7-14-12(2)19-16-6-5-13(22-3)11-15(16)18(14)20/h5-6,11H,4,7-10H2,1-3H3. The number of anilines is 1. The smallest absolute Gasteiger partial charge is 0.307 e. The monoisotopic (exact) mass is 314 g/mol. The summed E-state index contributed by atoms with van der Waals surface area (Å²) in [5, 5.41) is 1.09. The van der Waals surface area contributed by atoms with Gasteiger partial charge in [-0.2, -0.15) is 0 Å². The summed E-state index contributed by atoms with van der Waals surface area (Å²) in [5.74, 6) is 0.677. The van der Waals surface area contributed by atoms with Crippen molar-refractivity contribution in [3.05, 3.63) is 29.5 Å². The van der Waals surface area contributed by atoms with Crippen LogP contribution in [0.4, 0.5) is 5.69 Å². The van der Waals surface area contributed by atoms with Gasteiger partial charge in [0, 0.05) is 24.2 Å². The summed E-state index contributed by atoms with van der Waals surface area (Å²) >= 11 is 0. The summed E-state index contributed by atoms with van der Waals surface area (Å²) in [5.41, 5.74) is 4.49. The molecule has 2 aromatic rings. The summed E-state index contributed by atoms with van der Waals surface area (Å²) < 4.78 is 10.4. The van der Waals surface area contributed by atoms with Crippen LogP contribution in [0.2, 0.25) is 0 Å². The fraction of sp³-hybridized carbons (Fsp3) is 0.444. The molecule has 2 heterocycles. The van der Waals surface area contributed by atoms with Crippen molar-refractivity contribution in [3.63, 3.8) is 0 Å². The lowest BCUT2D eigenvalue weighted by Gasteiger charge is -2.21. The van der Waals surface area contributed by atoms with E-state index < -0.39 is 0 Å². The van der Waals surface area contributed by atoms with E-state index in [0.717, 1.165) is 35.3 Å². The number of ether oxygens (including phenoxy) is 2. The number of rotatable bonds is 5. The minimum absolute atomic E-state index is 0.145. The number of hydrogen-bond acceptors (Lipinski definition) is 5. The number of nitrogens with zero attached hydrogens (tertiary/aromatic N) is 2. The average molecular weight is 314 g/mol. The van der Waals surface area contributed by atoms with Gasteiger partial charge in [-0.25, -0.2) is 0 Å². The van der Waals surface area contributed by atoms with Crippen molar-refractivity contribution in [3.8, 4) is 5.75 Å². The molecule has 23 heavy (non-hydrogen) atoms. The molecule has 122 valence electrons. The fourth-order valence-electron chi connectivity index (χ4n) is 3.21. The molecule has 1 aromatic carbocycles. The molecule has 1 aliphatic rings. The van der Waals surface area contributed by atoms with E-state index in [1.54, 1.807) is 7.11 Å². The van der Waals surface area contributed by atoms with E-state index in [1.165, 1.54) is 11.3 Å². The van der Waals surface area contributed by atoms with Crippen molar-refractivity contribution in [2.75, 3.05) is 31.7 Å². The number of aromatic nitrogens is 1. The third-order valence-corrected chi connectivity index (χ3v) is 4.31. The van der Waals surface area contributed by atoms with Crippen LogP contribution in [0, 0.1) is 6.92 Å². The molecule has 0 fully saturated rings. The van der Waals surface area contributed by atoms with Gasteiger partial charge >= 0.3 is 5.97 Å². The van der Waals surface area contributed by atoms with Crippen LogP contribution in [0.25, 0.3) is 10.9 Å². The molecule has 0 bridgehead atoms. The lowest BCUT2D eigenvalue weighted by Crippen LogP contribution is -2.24. The Balaban J connectivity index is 1.97. The summed E-state index contributed by atoms with van der Waals surface area (Å²) in [4.78, 5) is 18.6. The van der Waals surface area contributed by atoms with E-state index in [9.17, 15) is 4.79 Å². The van der Waals surface area contributed by atoms with Crippen molar-refractivity contribution in [1.82, 2.24) is 4.98 Å². The third-order valence-electron chi connectivity index (χ3n) is 4.31. The second-order valence-electron chi connectivity index (χ2n) is 5.70. The van der Waals surface area contributed by atoms with Crippen molar-refractivity contribution in [2.24, 2.45) is 0 Å². The van der Waals surface area contributed by atoms with Crippen LogP contribution in [0.1, 0.15) is 24.6 Å². The zero-order chi connectivity index (χ0) is 16.4. The summed E-state index contributed by atoms with van der Waals surface area (Å²) in [6, 6.07) is 5.95.